The Balaban J connectivity index is 1.71. The number of hydrogen-bond acceptors (Lipinski definition) is 4. The first-order valence-electron chi connectivity index (χ1n) is 9.55. The molecular weight excluding hydrogens is 367 g/mol. The lowest BCUT2D eigenvalue weighted by molar-refractivity contribution is 0.102. The van der Waals surface area contributed by atoms with Crippen molar-refractivity contribution >= 4 is 17.5 Å². The van der Waals surface area contributed by atoms with Crippen LogP contribution in [-0.4, -0.2) is 22.4 Å². The molecule has 0 atom stereocenters. The molecule has 0 saturated carbocycles. The molecule has 5 nitrogen and oxygen atoms in total. The second-order valence-electron chi connectivity index (χ2n) is 7.21. The summed E-state index contributed by atoms with van der Waals surface area (Å²) in [5.74, 6) is -0.171. The summed E-state index contributed by atoms with van der Waals surface area (Å²) < 4.78 is 13.7. The van der Waals surface area contributed by atoms with Gasteiger partial charge in [-0.3, -0.25) is 4.79 Å². The first-order valence-corrected chi connectivity index (χ1v) is 9.55. The van der Waals surface area contributed by atoms with E-state index < -0.39 is 0 Å². The van der Waals surface area contributed by atoms with E-state index in [2.05, 4.69) is 20.6 Å². The van der Waals surface area contributed by atoms with Gasteiger partial charge in [-0.15, -0.1) is 0 Å². The number of hydrogen-bond donors (Lipinski definition) is 2. The highest BCUT2D eigenvalue weighted by Crippen LogP contribution is 2.22. The summed E-state index contributed by atoms with van der Waals surface area (Å²) in [5.41, 5.74) is 5.54. The van der Waals surface area contributed by atoms with Crippen molar-refractivity contribution in [3.8, 4) is 0 Å². The normalized spacial score (nSPS) is 10.7. The molecule has 150 valence electrons. The van der Waals surface area contributed by atoms with E-state index >= 15 is 0 Å². The third-order valence-electron chi connectivity index (χ3n) is 4.64. The Bertz CT molecular complexity index is 1030. The van der Waals surface area contributed by atoms with Gasteiger partial charge in [-0.25, -0.2) is 14.4 Å². The predicted octanol–water partition coefficient (Wildman–Crippen LogP) is 4.76. The van der Waals surface area contributed by atoms with E-state index in [-0.39, 0.29) is 17.4 Å². The maximum absolute atomic E-state index is 13.7. The highest BCUT2D eigenvalue weighted by Gasteiger charge is 2.14. The molecule has 1 heterocycles. The van der Waals surface area contributed by atoms with E-state index in [0.717, 1.165) is 22.4 Å². The van der Waals surface area contributed by atoms with Crippen LogP contribution in [0, 0.1) is 33.5 Å². The molecule has 1 amide bonds. The van der Waals surface area contributed by atoms with E-state index in [4.69, 9.17) is 0 Å². The minimum atomic E-state index is -0.289. The largest absolute Gasteiger partial charge is 0.354 e. The molecule has 0 saturated heterocycles. The third-order valence-corrected chi connectivity index (χ3v) is 4.64. The van der Waals surface area contributed by atoms with Crippen molar-refractivity contribution in [2.24, 2.45) is 0 Å². The van der Waals surface area contributed by atoms with Crippen molar-refractivity contribution in [3.63, 3.8) is 0 Å². The molecule has 3 aromatic rings. The fourth-order valence-corrected chi connectivity index (χ4v) is 3.33. The van der Waals surface area contributed by atoms with Crippen molar-refractivity contribution < 1.29 is 9.18 Å². The minimum absolute atomic E-state index is 0.233. The quantitative estimate of drug-likeness (QED) is 0.635. The van der Waals surface area contributed by atoms with E-state index in [0.29, 0.717) is 30.2 Å². The summed E-state index contributed by atoms with van der Waals surface area (Å²) >= 11 is 0. The summed E-state index contributed by atoms with van der Waals surface area (Å²) in [4.78, 5) is 21.4. The molecule has 6 heteroatoms. The average Bonchev–Trinajstić information content (AvgIpc) is 2.65. The maximum atomic E-state index is 13.7. The number of aromatic nitrogens is 2. The molecule has 2 N–H and O–H groups in total. The molecule has 29 heavy (non-hydrogen) atoms. The van der Waals surface area contributed by atoms with E-state index in [9.17, 15) is 9.18 Å². The predicted molar refractivity (Wildman–Crippen MR) is 114 cm³/mol. The second-order valence-corrected chi connectivity index (χ2v) is 7.21. The van der Waals surface area contributed by atoms with Crippen molar-refractivity contribution in [1.82, 2.24) is 9.97 Å². The summed E-state index contributed by atoms with van der Waals surface area (Å²) in [6, 6.07) is 12.4. The molecule has 0 aliphatic heterocycles. The molecule has 0 aliphatic carbocycles. The van der Waals surface area contributed by atoms with Gasteiger partial charge in [-0.05, 0) is 62.9 Å². The second kappa shape index (κ2) is 8.82. The number of aryl methyl sites for hydroxylation is 4. The highest BCUT2D eigenvalue weighted by atomic mass is 19.1. The fraction of sp³-hybridized carbons (Fsp3) is 0.261. The van der Waals surface area contributed by atoms with Gasteiger partial charge < -0.3 is 10.6 Å². The maximum Gasteiger partial charge on any atom is 0.274 e. The first-order chi connectivity index (χ1) is 13.8. The third kappa shape index (κ3) is 5.16. The van der Waals surface area contributed by atoms with Gasteiger partial charge in [-0.2, -0.15) is 0 Å². The summed E-state index contributed by atoms with van der Waals surface area (Å²) in [5, 5.41) is 6.04. The Kier molecular flexibility index (Phi) is 6.22. The number of nitrogens with one attached hydrogen (secondary N) is 2. The van der Waals surface area contributed by atoms with Crippen LogP contribution in [0.1, 0.15) is 38.4 Å². The lowest BCUT2D eigenvalue weighted by atomic mass is 10.0. The van der Waals surface area contributed by atoms with Gasteiger partial charge in [0, 0.05) is 17.9 Å². The lowest BCUT2D eigenvalue weighted by Gasteiger charge is -2.13. The number of nitrogens with zero attached hydrogens (tertiary/aromatic N) is 2. The molecule has 2 aromatic carbocycles. The van der Waals surface area contributed by atoms with Crippen LogP contribution in [0.4, 0.5) is 16.0 Å². The average molecular weight is 392 g/mol. The fourth-order valence-electron chi connectivity index (χ4n) is 3.33. The van der Waals surface area contributed by atoms with Crippen LogP contribution in [0.15, 0.2) is 42.5 Å². The molecule has 0 aliphatic rings. The van der Waals surface area contributed by atoms with Gasteiger partial charge in [0.2, 0.25) is 5.95 Å². The van der Waals surface area contributed by atoms with Crippen LogP contribution < -0.4 is 10.6 Å². The van der Waals surface area contributed by atoms with Gasteiger partial charge in [0.15, 0.2) is 0 Å². The molecule has 0 radical (unpaired) electrons. The smallest absolute Gasteiger partial charge is 0.274 e. The SMILES string of the molecule is Cc1cc(C)c(NC(=O)c2cc(C)nc(NCCc3ccccc3F)n2)c(C)c1. The van der Waals surface area contributed by atoms with Crippen molar-refractivity contribution in [2.45, 2.75) is 34.1 Å². The highest BCUT2D eigenvalue weighted by molar-refractivity contribution is 6.04. The molecule has 3 rings (SSSR count). The Morgan fingerprint density at radius 2 is 1.69 bits per heavy atom. The molecule has 0 spiro atoms. The molecule has 0 unspecified atom stereocenters. The number of benzene rings is 2. The van der Waals surface area contributed by atoms with E-state index in [1.807, 2.05) is 39.8 Å². The standard InChI is InChI=1S/C23H25FN4O/c1-14-11-15(2)21(16(3)12-14)28-22(29)20-13-17(4)26-23(27-20)25-10-9-18-7-5-6-8-19(18)24/h5-8,11-13H,9-10H2,1-4H3,(H,28,29)(H,25,26,27). The van der Waals surface area contributed by atoms with Crippen LogP contribution in [0.2, 0.25) is 0 Å². The van der Waals surface area contributed by atoms with Crippen LogP contribution in [0.5, 0.6) is 0 Å². The minimum Gasteiger partial charge on any atom is -0.354 e. The molecule has 0 fully saturated rings. The van der Waals surface area contributed by atoms with Gasteiger partial charge in [0.25, 0.3) is 5.91 Å². The lowest BCUT2D eigenvalue weighted by Crippen LogP contribution is -2.18. The zero-order chi connectivity index (χ0) is 21.0. The Labute approximate surface area is 170 Å². The number of carbonyl (C=O) groups excluding carboxylic acids is 1. The Morgan fingerprint density at radius 1 is 1.00 bits per heavy atom. The van der Waals surface area contributed by atoms with E-state index in [1.165, 1.54) is 6.07 Å². The summed E-state index contributed by atoms with van der Waals surface area (Å²) in [6.07, 6.45) is 0.493. The van der Waals surface area contributed by atoms with Gasteiger partial charge in [0.05, 0.1) is 0 Å². The van der Waals surface area contributed by atoms with E-state index in [1.54, 1.807) is 24.3 Å². The van der Waals surface area contributed by atoms with Gasteiger partial charge in [-0.1, -0.05) is 35.9 Å². The number of amides is 1. The summed E-state index contributed by atoms with van der Waals surface area (Å²) in [7, 11) is 0. The monoisotopic (exact) mass is 392 g/mol. The van der Waals surface area contributed by atoms with Crippen LogP contribution in [0.25, 0.3) is 0 Å². The first kappa shape index (κ1) is 20.5. The topological polar surface area (TPSA) is 66.9 Å². The van der Waals surface area contributed by atoms with Crippen LogP contribution in [0.3, 0.4) is 0 Å². The molecular formula is C23H25FN4O. The Hall–Kier alpha value is -3.28. The molecule has 0 bridgehead atoms. The van der Waals surface area contributed by atoms with Gasteiger partial charge in [0.1, 0.15) is 11.5 Å². The number of rotatable bonds is 6. The van der Waals surface area contributed by atoms with Crippen LogP contribution in [-0.2, 0) is 6.42 Å². The number of anilines is 2. The van der Waals surface area contributed by atoms with Crippen molar-refractivity contribution in [3.05, 3.63) is 81.9 Å². The molecule has 1 aromatic heterocycles. The van der Waals surface area contributed by atoms with Crippen molar-refractivity contribution in [2.75, 3.05) is 17.2 Å². The zero-order valence-corrected chi connectivity index (χ0v) is 17.1. The van der Waals surface area contributed by atoms with Crippen molar-refractivity contribution in [1.29, 1.82) is 0 Å². The zero-order valence-electron chi connectivity index (χ0n) is 17.1. The summed E-state index contributed by atoms with van der Waals surface area (Å²) in [6.45, 7) is 8.23. The Morgan fingerprint density at radius 3 is 2.38 bits per heavy atom. The number of halogens is 1. The number of carbonyl (C=O) groups is 1. The van der Waals surface area contributed by atoms with Crippen LogP contribution >= 0.6 is 0 Å². The van der Waals surface area contributed by atoms with Gasteiger partial charge >= 0.3 is 0 Å².